The predicted molar refractivity (Wildman–Crippen MR) is 53.1 cm³/mol. The van der Waals surface area contributed by atoms with E-state index in [0.717, 1.165) is 10.9 Å². The third-order valence-electron chi connectivity index (χ3n) is 2.13. The quantitative estimate of drug-likeness (QED) is 0.695. The summed E-state index contributed by atoms with van der Waals surface area (Å²) in [6.07, 6.45) is 0. The van der Waals surface area contributed by atoms with Crippen molar-refractivity contribution >= 4 is 11.0 Å². The molecule has 0 spiro atoms. The Kier molecular flexibility index (Phi) is 2.09. The van der Waals surface area contributed by atoms with Crippen molar-refractivity contribution in [2.75, 3.05) is 0 Å². The van der Waals surface area contributed by atoms with Crippen molar-refractivity contribution in [2.45, 2.75) is 13.5 Å². The molecule has 0 fully saturated rings. The van der Waals surface area contributed by atoms with Crippen LogP contribution < -0.4 is 5.63 Å². The smallest absolute Gasteiger partial charge is 0.341 e. The maximum Gasteiger partial charge on any atom is 0.341 e. The van der Waals surface area contributed by atoms with Gasteiger partial charge in [-0.05, 0) is 25.1 Å². The van der Waals surface area contributed by atoms with Crippen LogP contribution in [0.15, 0.2) is 33.5 Å². The van der Waals surface area contributed by atoms with Gasteiger partial charge in [-0.25, -0.2) is 4.79 Å². The van der Waals surface area contributed by atoms with Gasteiger partial charge in [-0.1, -0.05) is 11.6 Å². The molecule has 3 heteroatoms. The van der Waals surface area contributed by atoms with E-state index in [1.165, 1.54) is 0 Å². The first-order valence-electron chi connectivity index (χ1n) is 4.35. The molecule has 1 heterocycles. The summed E-state index contributed by atoms with van der Waals surface area (Å²) in [5.41, 5.74) is 1.47. The lowest BCUT2D eigenvalue weighted by molar-refractivity contribution is 0.276. The van der Waals surface area contributed by atoms with Crippen LogP contribution in [0.1, 0.15) is 11.1 Å². The second-order valence-corrected chi connectivity index (χ2v) is 3.26. The minimum Gasteiger partial charge on any atom is -0.422 e. The second kappa shape index (κ2) is 3.27. The molecule has 0 saturated carbocycles. The average molecular weight is 190 g/mol. The van der Waals surface area contributed by atoms with E-state index < -0.39 is 5.63 Å². The number of hydrogen-bond donors (Lipinski definition) is 1. The zero-order valence-electron chi connectivity index (χ0n) is 7.78. The van der Waals surface area contributed by atoms with Crippen molar-refractivity contribution in [3.63, 3.8) is 0 Å². The summed E-state index contributed by atoms with van der Waals surface area (Å²) in [5.74, 6) is 0. The molecule has 0 unspecified atom stereocenters. The molecular weight excluding hydrogens is 180 g/mol. The van der Waals surface area contributed by atoms with Crippen molar-refractivity contribution in [3.8, 4) is 0 Å². The Morgan fingerprint density at radius 3 is 2.86 bits per heavy atom. The van der Waals surface area contributed by atoms with Crippen molar-refractivity contribution < 1.29 is 9.52 Å². The van der Waals surface area contributed by atoms with Crippen molar-refractivity contribution in [1.82, 2.24) is 0 Å². The highest BCUT2D eigenvalue weighted by Crippen LogP contribution is 2.14. The molecule has 0 aliphatic rings. The molecule has 2 rings (SSSR count). The van der Waals surface area contributed by atoms with E-state index in [4.69, 9.17) is 9.52 Å². The number of benzene rings is 1. The van der Waals surface area contributed by atoms with Gasteiger partial charge in [-0.15, -0.1) is 0 Å². The largest absolute Gasteiger partial charge is 0.422 e. The SMILES string of the molecule is Cc1ccc2oc(=O)c(CO)cc2c1. The first-order chi connectivity index (χ1) is 6.70. The number of aryl methyl sites for hydroxylation is 1. The van der Waals surface area contributed by atoms with Crippen LogP contribution in [0.25, 0.3) is 11.0 Å². The fourth-order valence-electron chi connectivity index (χ4n) is 1.40. The minimum atomic E-state index is -0.469. The number of fused-ring (bicyclic) bond motifs is 1. The lowest BCUT2D eigenvalue weighted by Gasteiger charge is -1.99. The van der Waals surface area contributed by atoms with Gasteiger partial charge in [0.1, 0.15) is 5.58 Å². The van der Waals surface area contributed by atoms with Gasteiger partial charge in [0.2, 0.25) is 0 Å². The van der Waals surface area contributed by atoms with Gasteiger partial charge in [0.25, 0.3) is 0 Å². The van der Waals surface area contributed by atoms with E-state index >= 15 is 0 Å². The van der Waals surface area contributed by atoms with Crippen LogP contribution in [0.2, 0.25) is 0 Å². The van der Waals surface area contributed by atoms with Crippen LogP contribution in [-0.4, -0.2) is 5.11 Å². The van der Waals surface area contributed by atoms with Gasteiger partial charge in [0.05, 0.1) is 12.2 Å². The van der Waals surface area contributed by atoms with Crippen molar-refractivity contribution in [3.05, 3.63) is 45.8 Å². The average Bonchev–Trinajstić information content (AvgIpc) is 2.17. The molecule has 72 valence electrons. The van der Waals surface area contributed by atoms with Gasteiger partial charge < -0.3 is 9.52 Å². The normalized spacial score (nSPS) is 10.7. The lowest BCUT2D eigenvalue weighted by Crippen LogP contribution is -2.06. The van der Waals surface area contributed by atoms with Crippen molar-refractivity contribution in [1.29, 1.82) is 0 Å². The molecule has 1 N–H and O–H groups in total. The molecule has 0 radical (unpaired) electrons. The Morgan fingerprint density at radius 2 is 2.14 bits per heavy atom. The molecule has 0 atom stereocenters. The molecular formula is C11H10O3. The Bertz CT molecular complexity index is 526. The Hall–Kier alpha value is -1.61. The van der Waals surface area contributed by atoms with Crippen molar-refractivity contribution in [2.24, 2.45) is 0 Å². The summed E-state index contributed by atoms with van der Waals surface area (Å²) in [6, 6.07) is 7.21. The fourth-order valence-corrected chi connectivity index (χ4v) is 1.40. The molecule has 1 aromatic heterocycles. The molecule has 1 aromatic carbocycles. The first-order valence-corrected chi connectivity index (χ1v) is 4.35. The monoisotopic (exact) mass is 190 g/mol. The Morgan fingerprint density at radius 1 is 1.36 bits per heavy atom. The summed E-state index contributed by atoms with van der Waals surface area (Å²) in [7, 11) is 0. The molecule has 2 aromatic rings. The first kappa shape index (κ1) is 8.97. The summed E-state index contributed by atoms with van der Waals surface area (Å²) in [6.45, 7) is 1.68. The highest BCUT2D eigenvalue weighted by Gasteiger charge is 2.03. The van der Waals surface area contributed by atoms with Gasteiger partial charge >= 0.3 is 5.63 Å². The van der Waals surface area contributed by atoms with E-state index in [9.17, 15) is 4.79 Å². The molecule has 3 nitrogen and oxygen atoms in total. The zero-order chi connectivity index (χ0) is 10.1. The van der Waals surface area contributed by atoms with Crippen LogP contribution in [0, 0.1) is 6.92 Å². The maximum atomic E-state index is 11.2. The number of hydrogen-bond acceptors (Lipinski definition) is 3. The predicted octanol–water partition coefficient (Wildman–Crippen LogP) is 1.59. The van der Waals surface area contributed by atoms with Gasteiger partial charge in [-0.2, -0.15) is 0 Å². The van der Waals surface area contributed by atoms with Crippen LogP contribution >= 0.6 is 0 Å². The third-order valence-corrected chi connectivity index (χ3v) is 2.13. The van der Waals surface area contributed by atoms with Gasteiger partial charge in [0.15, 0.2) is 0 Å². The lowest BCUT2D eigenvalue weighted by atomic mass is 10.1. The minimum absolute atomic E-state index is 0.286. The summed E-state index contributed by atoms with van der Waals surface area (Å²) in [5, 5.41) is 9.73. The highest BCUT2D eigenvalue weighted by atomic mass is 16.4. The number of rotatable bonds is 1. The topological polar surface area (TPSA) is 50.4 Å². The molecule has 0 saturated heterocycles. The maximum absolute atomic E-state index is 11.2. The molecule has 0 aliphatic carbocycles. The van der Waals surface area contributed by atoms with E-state index in [1.54, 1.807) is 12.1 Å². The van der Waals surface area contributed by atoms with Crippen LogP contribution in [0.4, 0.5) is 0 Å². The standard InChI is InChI=1S/C11H10O3/c1-7-2-3-10-8(4-7)5-9(6-12)11(13)14-10/h2-5,12H,6H2,1H3. The summed E-state index contributed by atoms with van der Waals surface area (Å²) >= 11 is 0. The molecule has 0 bridgehead atoms. The fraction of sp³-hybridized carbons (Fsp3) is 0.182. The zero-order valence-corrected chi connectivity index (χ0v) is 7.78. The second-order valence-electron chi connectivity index (χ2n) is 3.26. The Balaban J connectivity index is 2.80. The van der Waals surface area contributed by atoms with Gasteiger partial charge in [-0.3, -0.25) is 0 Å². The number of aliphatic hydroxyl groups excluding tert-OH is 1. The van der Waals surface area contributed by atoms with E-state index in [0.29, 0.717) is 11.1 Å². The molecule has 0 amide bonds. The van der Waals surface area contributed by atoms with E-state index in [2.05, 4.69) is 0 Å². The van der Waals surface area contributed by atoms with Gasteiger partial charge in [0, 0.05) is 5.39 Å². The van der Waals surface area contributed by atoms with Crippen LogP contribution in [0.3, 0.4) is 0 Å². The molecule has 14 heavy (non-hydrogen) atoms. The summed E-state index contributed by atoms with van der Waals surface area (Å²) in [4.78, 5) is 11.2. The summed E-state index contributed by atoms with van der Waals surface area (Å²) < 4.78 is 5.02. The number of aliphatic hydroxyl groups is 1. The van der Waals surface area contributed by atoms with Crippen LogP contribution in [0.5, 0.6) is 0 Å². The van der Waals surface area contributed by atoms with Crippen LogP contribution in [-0.2, 0) is 6.61 Å². The molecule has 0 aliphatic heterocycles. The third kappa shape index (κ3) is 1.42. The Labute approximate surface area is 80.6 Å². The van der Waals surface area contributed by atoms with E-state index in [1.807, 2.05) is 19.1 Å². The van der Waals surface area contributed by atoms with E-state index in [-0.39, 0.29) is 6.61 Å². The highest BCUT2D eigenvalue weighted by molar-refractivity contribution is 5.77.